The standard InChI is InChI=1S/C23H31ClN2O4/c24-19-10-8-17(9-11-19)22(28)26-14-12-18(13-15-26)23(29)30-16-21(27)25-20-6-4-2-1-3-5-7-20/h8-11,18,20H,1-7,12-16H2,(H,25,27). The molecule has 2 amide bonds. The molecule has 1 saturated heterocycles. The number of nitrogens with one attached hydrogen (secondary N) is 1. The molecule has 3 rings (SSSR count). The molecule has 1 aliphatic carbocycles. The van der Waals surface area contributed by atoms with Crippen LogP contribution in [0.25, 0.3) is 0 Å². The van der Waals surface area contributed by atoms with Gasteiger partial charge in [-0.25, -0.2) is 0 Å². The Labute approximate surface area is 183 Å². The number of benzene rings is 1. The third-order valence-corrected chi connectivity index (χ3v) is 6.27. The lowest BCUT2D eigenvalue weighted by Gasteiger charge is -2.31. The highest BCUT2D eigenvalue weighted by Crippen LogP contribution is 2.21. The number of ether oxygens (including phenoxy) is 1. The Bertz CT molecular complexity index is 721. The van der Waals surface area contributed by atoms with Gasteiger partial charge in [0.1, 0.15) is 0 Å². The van der Waals surface area contributed by atoms with Crippen LogP contribution in [-0.2, 0) is 14.3 Å². The van der Waals surface area contributed by atoms with Crippen molar-refractivity contribution in [2.75, 3.05) is 19.7 Å². The second kappa shape index (κ2) is 11.3. The molecule has 0 spiro atoms. The first-order valence-corrected chi connectivity index (χ1v) is 11.4. The number of piperidine rings is 1. The number of carbonyl (C=O) groups is 3. The van der Waals surface area contributed by atoms with E-state index in [4.69, 9.17) is 16.3 Å². The number of esters is 1. The van der Waals surface area contributed by atoms with Gasteiger partial charge in [-0.3, -0.25) is 14.4 Å². The van der Waals surface area contributed by atoms with Crippen LogP contribution in [0, 0.1) is 5.92 Å². The highest BCUT2D eigenvalue weighted by molar-refractivity contribution is 6.30. The molecule has 0 aromatic heterocycles. The maximum absolute atomic E-state index is 12.6. The maximum Gasteiger partial charge on any atom is 0.309 e. The summed E-state index contributed by atoms with van der Waals surface area (Å²) in [6.07, 6.45) is 9.09. The van der Waals surface area contributed by atoms with Gasteiger partial charge in [0.05, 0.1) is 5.92 Å². The highest BCUT2D eigenvalue weighted by Gasteiger charge is 2.29. The number of hydrogen-bond donors (Lipinski definition) is 1. The molecule has 0 bridgehead atoms. The van der Waals surface area contributed by atoms with E-state index >= 15 is 0 Å². The van der Waals surface area contributed by atoms with Gasteiger partial charge < -0.3 is 15.0 Å². The lowest BCUT2D eigenvalue weighted by molar-refractivity contribution is -0.154. The molecule has 1 heterocycles. The number of rotatable bonds is 5. The van der Waals surface area contributed by atoms with Crippen LogP contribution in [0.3, 0.4) is 0 Å². The number of nitrogens with zero attached hydrogens (tertiary/aromatic N) is 1. The van der Waals surface area contributed by atoms with Crippen molar-refractivity contribution in [1.82, 2.24) is 10.2 Å². The van der Waals surface area contributed by atoms with Crippen molar-refractivity contribution in [3.63, 3.8) is 0 Å². The molecule has 1 aliphatic heterocycles. The lowest BCUT2D eigenvalue weighted by Crippen LogP contribution is -2.42. The van der Waals surface area contributed by atoms with Crippen molar-refractivity contribution in [3.8, 4) is 0 Å². The van der Waals surface area contributed by atoms with Crippen molar-refractivity contribution in [3.05, 3.63) is 34.9 Å². The van der Waals surface area contributed by atoms with Crippen LogP contribution in [0.4, 0.5) is 0 Å². The van der Waals surface area contributed by atoms with Crippen LogP contribution >= 0.6 is 11.6 Å². The van der Waals surface area contributed by atoms with Gasteiger partial charge in [-0.15, -0.1) is 0 Å². The van der Waals surface area contributed by atoms with E-state index in [1.807, 2.05) is 0 Å². The smallest absolute Gasteiger partial charge is 0.309 e. The predicted octanol–water partition coefficient (Wildman–Crippen LogP) is 3.96. The Kier molecular flexibility index (Phi) is 8.55. The molecule has 7 heteroatoms. The third kappa shape index (κ3) is 6.73. The minimum absolute atomic E-state index is 0.0583. The Morgan fingerprint density at radius 1 is 0.933 bits per heavy atom. The molecule has 1 N–H and O–H groups in total. The summed E-state index contributed by atoms with van der Waals surface area (Å²) >= 11 is 5.87. The number of likely N-dealkylation sites (tertiary alicyclic amines) is 1. The molecule has 0 unspecified atom stereocenters. The molecule has 1 aromatic rings. The lowest BCUT2D eigenvalue weighted by atomic mass is 9.96. The normalized spacial score (nSPS) is 18.9. The fraction of sp³-hybridized carbons (Fsp3) is 0.609. The molecule has 164 valence electrons. The van der Waals surface area contributed by atoms with Crippen LogP contribution in [0.15, 0.2) is 24.3 Å². The number of hydrogen-bond acceptors (Lipinski definition) is 4. The van der Waals surface area contributed by atoms with E-state index in [2.05, 4.69) is 5.32 Å². The van der Waals surface area contributed by atoms with Crippen molar-refractivity contribution in [2.45, 2.75) is 63.8 Å². The molecular weight excluding hydrogens is 404 g/mol. The van der Waals surface area contributed by atoms with E-state index in [9.17, 15) is 14.4 Å². The van der Waals surface area contributed by atoms with Gasteiger partial charge in [-0.2, -0.15) is 0 Å². The summed E-state index contributed by atoms with van der Waals surface area (Å²) in [5.41, 5.74) is 0.589. The number of halogens is 1. The summed E-state index contributed by atoms with van der Waals surface area (Å²) in [7, 11) is 0. The van der Waals surface area contributed by atoms with Gasteiger partial charge in [0.25, 0.3) is 11.8 Å². The van der Waals surface area contributed by atoms with Crippen LogP contribution in [0.2, 0.25) is 5.02 Å². The van der Waals surface area contributed by atoms with Gasteiger partial charge in [0, 0.05) is 29.7 Å². The van der Waals surface area contributed by atoms with Crippen molar-refractivity contribution >= 4 is 29.4 Å². The molecule has 0 radical (unpaired) electrons. The summed E-state index contributed by atoms with van der Waals surface area (Å²) in [6.45, 7) is 0.768. The average Bonchev–Trinajstić information content (AvgIpc) is 2.74. The quantitative estimate of drug-likeness (QED) is 0.711. The maximum atomic E-state index is 12.6. The van der Waals surface area contributed by atoms with E-state index < -0.39 is 0 Å². The van der Waals surface area contributed by atoms with Crippen molar-refractivity contribution in [2.24, 2.45) is 5.92 Å². The Morgan fingerprint density at radius 2 is 1.53 bits per heavy atom. The number of amides is 2. The second-order valence-electron chi connectivity index (χ2n) is 8.29. The van der Waals surface area contributed by atoms with Crippen molar-refractivity contribution < 1.29 is 19.1 Å². The first-order valence-electron chi connectivity index (χ1n) is 11.0. The fourth-order valence-corrected chi connectivity index (χ4v) is 4.34. The van der Waals surface area contributed by atoms with Crippen LogP contribution in [0.5, 0.6) is 0 Å². The summed E-state index contributed by atoms with van der Waals surface area (Å²) < 4.78 is 5.27. The van der Waals surface area contributed by atoms with Gasteiger partial charge in [0.2, 0.25) is 0 Å². The van der Waals surface area contributed by atoms with Crippen molar-refractivity contribution in [1.29, 1.82) is 0 Å². The zero-order chi connectivity index (χ0) is 21.3. The Hall–Kier alpha value is -2.08. The van der Waals surface area contributed by atoms with E-state index in [1.54, 1.807) is 29.2 Å². The largest absolute Gasteiger partial charge is 0.455 e. The number of carbonyl (C=O) groups excluding carboxylic acids is 3. The third-order valence-electron chi connectivity index (χ3n) is 6.02. The Balaban J connectivity index is 1.38. The van der Waals surface area contributed by atoms with Crippen LogP contribution < -0.4 is 5.32 Å². The van der Waals surface area contributed by atoms with E-state index in [-0.39, 0.29) is 36.4 Å². The van der Waals surface area contributed by atoms with E-state index in [1.165, 1.54) is 19.3 Å². The molecule has 0 atom stereocenters. The minimum atomic E-state index is -0.346. The first-order chi connectivity index (χ1) is 14.5. The summed E-state index contributed by atoms with van der Waals surface area (Å²) in [5.74, 6) is -0.892. The summed E-state index contributed by atoms with van der Waals surface area (Å²) in [4.78, 5) is 38.8. The molecule has 30 heavy (non-hydrogen) atoms. The van der Waals surface area contributed by atoms with Gasteiger partial charge in [0.15, 0.2) is 6.61 Å². The van der Waals surface area contributed by atoms with Gasteiger partial charge in [-0.1, -0.05) is 43.7 Å². The molecule has 1 saturated carbocycles. The second-order valence-corrected chi connectivity index (χ2v) is 8.73. The van der Waals surface area contributed by atoms with Gasteiger partial charge in [-0.05, 0) is 49.9 Å². The summed E-state index contributed by atoms with van der Waals surface area (Å²) in [5, 5.41) is 3.60. The van der Waals surface area contributed by atoms with Gasteiger partial charge >= 0.3 is 5.97 Å². The molecule has 2 fully saturated rings. The molecular formula is C23H31ClN2O4. The average molecular weight is 435 g/mol. The molecule has 6 nitrogen and oxygen atoms in total. The fourth-order valence-electron chi connectivity index (χ4n) is 4.22. The topological polar surface area (TPSA) is 75.7 Å². The molecule has 2 aliphatic rings. The van der Waals surface area contributed by atoms with E-state index in [0.29, 0.717) is 36.5 Å². The first kappa shape index (κ1) is 22.6. The molecule has 1 aromatic carbocycles. The summed E-state index contributed by atoms with van der Waals surface area (Å²) in [6, 6.07) is 7.00. The van der Waals surface area contributed by atoms with Crippen LogP contribution in [0.1, 0.15) is 68.1 Å². The van der Waals surface area contributed by atoms with Crippen LogP contribution in [-0.4, -0.2) is 48.4 Å². The zero-order valence-electron chi connectivity index (χ0n) is 17.4. The highest BCUT2D eigenvalue weighted by atomic mass is 35.5. The van der Waals surface area contributed by atoms with E-state index in [0.717, 1.165) is 25.7 Å². The monoisotopic (exact) mass is 434 g/mol. The Morgan fingerprint density at radius 3 is 2.17 bits per heavy atom. The predicted molar refractivity (Wildman–Crippen MR) is 115 cm³/mol. The SMILES string of the molecule is O=C(COC(=O)C1CCN(C(=O)c2ccc(Cl)cc2)CC1)NC1CCCCCCC1. The zero-order valence-corrected chi connectivity index (χ0v) is 18.2. The minimum Gasteiger partial charge on any atom is -0.455 e.